The molecule has 2 rings (SSSR count). The van der Waals surface area contributed by atoms with Crippen molar-refractivity contribution in [3.63, 3.8) is 0 Å². The van der Waals surface area contributed by atoms with Gasteiger partial charge in [0.05, 0.1) is 0 Å². The molecule has 0 aromatic rings. The fourth-order valence-corrected chi connectivity index (χ4v) is 4.40. The summed E-state index contributed by atoms with van der Waals surface area (Å²) in [5, 5.41) is 0. The van der Waals surface area contributed by atoms with Crippen LogP contribution >= 0.6 is 0 Å². The predicted molar refractivity (Wildman–Crippen MR) is 104 cm³/mol. The van der Waals surface area contributed by atoms with Gasteiger partial charge in [0.15, 0.2) is 0 Å². The summed E-state index contributed by atoms with van der Waals surface area (Å²) in [6.07, 6.45) is 27.7. The van der Waals surface area contributed by atoms with E-state index in [1.165, 1.54) is 89.9 Å². The van der Waals surface area contributed by atoms with Crippen LogP contribution in [-0.2, 0) is 0 Å². The molecule has 0 spiro atoms. The van der Waals surface area contributed by atoms with Gasteiger partial charge in [0.1, 0.15) is 0 Å². The average molecular weight is 317 g/mol. The number of unbranched alkanes of at least 4 members (excludes halogenated alkanes) is 7. The highest BCUT2D eigenvalue weighted by Gasteiger charge is 2.23. The van der Waals surface area contributed by atoms with E-state index < -0.39 is 0 Å². The van der Waals surface area contributed by atoms with Crippen molar-refractivity contribution in [1.29, 1.82) is 0 Å². The molecule has 0 bridgehead atoms. The zero-order valence-electron chi connectivity index (χ0n) is 15.9. The molecule has 1 unspecified atom stereocenters. The molecule has 1 atom stereocenters. The van der Waals surface area contributed by atoms with E-state index in [0.29, 0.717) is 0 Å². The maximum absolute atomic E-state index is 2.52. The van der Waals surface area contributed by atoms with Gasteiger partial charge in [-0.15, -0.1) is 0 Å². The van der Waals surface area contributed by atoms with E-state index in [9.17, 15) is 0 Å². The molecule has 0 heterocycles. The van der Waals surface area contributed by atoms with Gasteiger partial charge in [-0.05, 0) is 55.4 Å². The lowest BCUT2D eigenvalue weighted by molar-refractivity contribution is 0.282. The summed E-state index contributed by atoms with van der Waals surface area (Å²) in [4.78, 5) is 0. The SMILES string of the molecule is CCCCCCCCCCC1CCC(C2=CCC(C)C=C2)CC1. The molecule has 0 radical (unpaired) electrons. The van der Waals surface area contributed by atoms with Crippen molar-refractivity contribution >= 4 is 0 Å². The van der Waals surface area contributed by atoms with E-state index >= 15 is 0 Å². The molecular formula is C23H40. The van der Waals surface area contributed by atoms with Crippen LogP contribution in [0.15, 0.2) is 23.8 Å². The van der Waals surface area contributed by atoms with Crippen molar-refractivity contribution in [2.24, 2.45) is 17.8 Å². The zero-order valence-corrected chi connectivity index (χ0v) is 15.9. The normalized spacial score (nSPS) is 27.9. The third kappa shape index (κ3) is 7.27. The Bertz CT molecular complexity index is 354. The zero-order chi connectivity index (χ0) is 16.3. The van der Waals surface area contributed by atoms with E-state index in [4.69, 9.17) is 0 Å². The van der Waals surface area contributed by atoms with Crippen molar-refractivity contribution in [1.82, 2.24) is 0 Å². The van der Waals surface area contributed by atoms with E-state index in [1.807, 2.05) is 0 Å². The molecule has 0 aromatic heterocycles. The van der Waals surface area contributed by atoms with Gasteiger partial charge >= 0.3 is 0 Å². The molecule has 0 amide bonds. The summed E-state index contributed by atoms with van der Waals surface area (Å²) in [6.45, 7) is 4.63. The minimum Gasteiger partial charge on any atom is -0.0811 e. The third-order valence-electron chi connectivity index (χ3n) is 6.13. The van der Waals surface area contributed by atoms with Gasteiger partial charge in [0.25, 0.3) is 0 Å². The first-order chi connectivity index (χ1) is 11.3. The molecular weight excluding hydrogens is 276 g/mol. The lowest BCUT2D eigenvalue weighted by Crippen LogP contribution is -2.16. The molecule has 2 aliphatic rings. The molecule has 132 valence electrons. The van der Waals surface area contributed by atoms with E-state index in [0.717, 1.165) is 17.8 Å². The van der Waals surface area contributed by atoms with Gasteiger partial charge in [0, 0.05) is 0 Å². The molecule has 1 fully saturated rings. The first kappa shape index (κ1) is 18.8. The van der Waals surface area contributed by atoms with Crippen molar-refractivity contribution in [2.45, 2.75) is 104 Å². The predicted octanol–water partition coefficient (Wildman–Crippen LogP) is 7.85. The highest BCUT2D eigenvalue weighted by molar-refractivity contribution is 5.26. The molecule has 2 aliphatic carbocycles. The largest absolute Gasteiger partial charge is 0.0811 e. The minimum atomic E-state index is 0.761. The lowest BCUT2D eigenvalue weighted by Gasteiger charge is -2.30. The quantitative estimate of drug-likeness (QED) is 0.360. The number of allylic oxidation sites excluding steroid dienone is 4. The number of rotatable bonds is 10. The number of hydrogen-bond acceptors (Lipinski definition) is 0. The first-order valence-corrected chi connectivity index (χ1v) is 10.7. The smallest absolute Gasteiger partial charge is 0.0165 e. The van der Waals surface area contributed by atoms with E-state index in [-0.39, 0.29) is 0 Å². The van der Waals surface area contributed by atoms with Crippen LogP contribution in [0.3, 0.4) is 0 Å². The Morgan fingerprint density at radius 2 is 1.52 bits per heavy atom. The van der Waals surface area contributed by atoms with Crippen molar-refractivity contribution in [3.8, 4) is 0 Å². The summed E-state index contributed by atoms with van der Waals surface area (Å²) >= 11 is 0. The van der Waals surface area contributed by atoms with Crippen LogP contribution in [0.25, 0.3) is 0 Å². The van der Waals surface area contributed by atoms with Crippen molar-refractivity contribution in [3.05, 3.63) is 23.8 Å². The Hall–Kier alpha value is -0.520. The molecule has 0 heteroatoms. The van der Waals surface area contributed by atoms with Gasteiger partial charge < -0.3 is 0 Å². The average Bonchev–Trinajstić information content (AvgIpc) is 2.59. The van der Waals surface area contributed by atoms with Crippen LogP contribution in [0, 0.1) is 17.8 Å². The Morgan fingerprint density at radius 1 is 0.870 bits per heavy atom. The third-order valence-corrected chi connectivity index (χ3v) is 6.13. The van der Waals surface area contributed by atoms with Gasteiger partial charge in [-0.25, -0.2) is 0 Å². The van der Waals surface area contributed by atoms with Gasteiger partial charge in [-0.2, -0.15) is 0 Å². The standard InChI is InChI=1S/C23H40/c1-3-4-5-6-7-8-9-10-11-21-14-18-23(19-15-21)22-16-12-20(2)13-17-22/h12,16-17,20-21,23H,3-11,13-15,18-19H2,1-2H3. The van der Waals surface area contributed by atoms with Gasteiger partial charge in [0.2, 0.25) is 0 Å². The molecule has 0 nitrogen and oxygen atoms in total. The first-order valence-electron chi connectivity index (χ1n) is 10.7. The Balaban J connectivity index is 1.49. The van der Waals surface area contributed by atoms with E-state index in [2.05, 4.69) is 32.1 Å². The fraction of sp³-hybridized carbons (Fsp3) is 0.826. The summed E-state index contributed by atoms with van der Waals surface area (Å²) in [7, 11) is 0. The molecule has 0 N–H and O–H groups in total. The molecule has 0 aromatic carbocycles. The molecule has 23 heavy (non-hydrogen) atoms. The minimum absolute atomic E-state index is 0.761. The summed E-state index contributed by atoms with van der Waals surface area (Å²) in [5.41, 5.74) is 1.66. The highest BCUT2D eigenvalue weighted by atomic mass is 14.3. The Morgan fingerprint density at radius 3 is 2.13 bits per heavy atom. The second-order valence-corrected chi connectivity index (χ2v) is 8.26. The van der Waals surface area contributed by atoms with Crippen LogP contribution in [-0.4, -0.2) is 0 Å². The fourth-order valence-electron chi connectivity index (χ4n) is 4.40. The van der Waals surface area contributed by atoms with Crippen molar-refractivity contribution in [2.75, 3.05) is 0 Å². The second kappa shape index (κ2) is 11.1. The Kier molecular flexibility index (Phi) is 9.09. The maximum atomic E-state index is 2.52. The number of hydrogen-bond donors (Lipinski definition) is 0. The summed E-state index contributed by atoms with van der Waals surface area (Å²) in [6, 6.07) is 0. The van der Waals surface area contributed by atoms with Gasteiger partial charge in [-0.1, -0.05) is 89.9 Å². The lowest BCUT2D eigenvalue weighted by atomic mass is 9.75. The van der Waals surface area contributed by atoms with Crippen LogP contribution in [0.1, 0.15) is 104 Å². The summed E-state index contributed by atoms with van der Waals surface area (Å²) < 4.78 is 0. The molecule has 0 saturated heterocycles. The van der Waals surface area contributed by atoms with Crippen molar-refractivity contribution < 1.29 is 0 Å². The second-order valence-electron chi connectivity index (χ2n) is 8.26. The summed E-state index contributed by atoms with van der Waals surface area (Å²) in [5.74, 6) is 2.68. The van der Waals surface area contributed by atoms with Crippen LogP contribution in [0.5, 0.6) is 0 Å². The van der Waals surface area contributed by atoms with Gasteiger partial charge in [-0.3, -0.25) is 0 Å². The Labute approximate surface area is 145 Å². The topological polar surface area (TPSA) is 0 Å². The van der Waals surface area contributed by atoms with Crippen LogP contribution in [0.4, 0.5) is 0 Å². The van der Waals surface area contributed by atoms with E-state index in [1.54, 1.807) is 5.57 Å². The van der Waals surface area contributed by atoms with Crippen LogP contribution in [0.2, 0.25) is 0 Å². The van der Waals surface area contributed by atoms with Crippen LogP contribution < -0.4 is 0 Å². The monoisotopic (exact) mass is 316 g/mol. The molecule has 0 aliphatic heterocycles. The molecule has 1 saturated carbocycles. The highest BCUT2D eigenvalue weighted by Crippen LogP contribution is 2.37. The maximum Gasteiger partial charge on any atom is -0.0165 e.